The van der Waals surface area contributed by atoms with Gasteiger partial charge in [0.25, 0.3) is 5.69 Å². The number of benzene rings is 1. The lowest BCUT2D eigenvalue weighted by atomic mass is 10.2. The quantitative estimate of drug-likeness (QED) is 0.424. The standard InChI is InChI=1S/C7H6N2O2S/c8-7(12)5-1-3-6(4-2-5)9(10)11/h1-4H,(H2,8,12). The summed E-state index contributed by atoms with van der Waals surface area (Å²) in [6.45, 7) is 0. The summed E-state index contributed by atoms with van der Waals surface area (Å²) < 4.78 is 0. The summed E-state index contributed by atoms with van der Waals surface area (Å²) in [6.07, 6.45) is 0. The van der Waals surface area contributed by atoms with Gasteiger partial charge in [0.1, 0.15) is 4.99 Å². The Morgan fingerprint density at radius 2 is 1.92 bits per heavy atom. The normalized spacial score (nSPS) is 9.33. The Labute approximate surface area is 74.1 Å². The van der Waals surface area contributed by atoms with Crippen molar-refractivity contribution in [3.8, 4) is 0 Å². The molecule has 0 atom stereocenters. The lowest BCUT2D eigenvalue weighted by Gasteiger charge is -1.95. The van der Waals surface area contributed by atoms with E-state index >= 15 is 0 Å². The molecule has 0 spiro atoms. The first kappa shape index (κ1) is 8.61. The van der Waals surface area contributed by atoms with E-state index in [0.29, 0.717) is 5.56 Å². The van der Waals surface area contributed by atoms with Gasteiger partial charge in [-0.3, -0.25) is 10.1 Å². The van der Waals surface area contributed by atoms with Crippen molar-refractivity contribution in [1.29, 1.82) is 0 Å². The van der Waals surface area contributed by atoms with E-state index in [9.17, 15) is 10.1 Å². The van der Waals surface area contributed by atoms with Crippen molar-refractivity contribution in [2.75, 3.05) is 0 Å². The number of hydrogen-bond acceptors (Lipinski definition) is 3. The molecule has 0 aromatic heterocycles. The van der Waals surface area contributed by atoms with Crippen molar-refractivity contribution in [2.24, 2.45) is 5.73 Å². The molecular weight excluding hydrogens is 176 g/mol. The first-order valence-corrected chi connectivity index (χ1v) is 3.56. The van der Waals surface area contributed by atoms with E-state index < -0.39 is 4.92 Å². The highest BCUT2D eigenvalue weighted by Crippen LogP contribution is 2.11. The minimum Gasteiger partial charge on any atom is -0.389 e. The van der Waals surface area contributed by atoms with E-state index in [0.717, 1.165) is 0 Å². The average Bonchev–Trinajstić information content (AvgIpc) is 2.04. The third-order valence-electron chi connectivity index (χ3n) is 1.36. The fraction of sp³-hybridized carbons (Fsp3) is 0. The second-order valence-corrected chi connectivity index (χ2v) is 2.61. The molecule has 1 aromatic rings. The zero-order chi connectivity index (χ0) is 9.14. The molecule has 0 heterocycles. The third-order valence-corrected chi connectivity index (χ3v) is 1.60. The molecule has 1 aromatic carbocycles. The molecule has 0 radical (unpaired) electrons. The molecular formula is C7H6N2O2S. The van der Waals surface area contributed by atoms with Crippen molar-refractivity contribution >= 4 is 22.9 Å². The van der Waals surface area contributed by atoms with Crippen molar-refractivity contribution < 1.29 is 4.92 Å². The molecule has 2 N–H and O–H groups in total. The molecule has 0 unspecified atom stereocenters. The predicted octanol–water partition coefficient (Wildman–Crippen LogP) is 1.23. The molecule has 1 rings (SSSR count). The molecule has 5 heteroatoms. The largest absolute Gasteiger partial charge is 0.389 e. The van der Waals surface area contributed by atoms with Crippen LogP contribution in [0.4, 0.5) is 5.69 Å². The summed E-state index contributed by atoms with van der Waals surface area (Å²) in [5.74, 6) is 0. The number of rotatable bonds is 2. The highest BCUT2D eigenvalue weighted by atomic mass is 32.1. The Morgan fingerprint density at radius 1 is 1.42 bits per heavy atom. The van der Waals surface area contributed by atoms with Gasteiger partial charge in [-0.2, -0.15) is 0 Å². The van der Waals surface area contributed by atoms with Gasteiger partial charge in [-0.05, 0) is 12.1 Å². The second-order valence-electron chi connectivity index (χ2n) is 2.17. The third kappa shape index (κ3) is 1.76. The molecule has 0 bridgehead atoms. The fourth-order valence-corrected chi connectivity index (χ4v) is 0.883. The number of nitro groups is 1. The molecule has 0 fully saturated rings. The highest BCUT2D eigenvalue weighted by Gasteiger charge is 2.03. The van der Waals surface area contributed by atoms with Crippen LogP contribution in [0.5, 0.6) is 0 Å². The van der Waals surface area contributed by atoms with Crippen LogP contribution in [0, 0.1) is 10.1 Å². The molecule has 0 aliphatic rings. The number of hydrogen-bond donors (Lipinski definition) is 1. The van der Waals surface area contributed by atoms with E-state index in [4.69, 9.17) is 5.73 Å². The van der Waals surface area contributed by atoms with E-state index in [-0.39, 0.29) is 10.7 Å². The zero-order valence-corrected chi connectivity index (χ0v) is 6.88. The lowest BCUT2D eigenvalue weighted by molar-refractivity contribution is -0.384. The van der Waals surface area contributed by atoms with Gasteiger partial charge in [0.2, 0.25) is 0 Å². The summed E-state index contributed by atoms with van der Waals surface area (Å²) in [5, 5.41) is 10.2. The SMILES string of the molecule is NC(=S)c1ccc([N+](=O)[O-])cc1. The number of nitrogens with two attached hydrogens (primary N) is 1. The van der Waals surface area contributed by atoms with Crippen molar-refractivity contribution in [3.05, 3.63) is 39.9 Å². The van der Waals surface area contributed by atoms with Gasteiger partial charge < -0.3 is 5.73 Å². The van der Waals surface area contributed by atoms with Gasteiger partial charge in [-0.1, -0.05) is 12.2 Å². The molecule has 0 amide bonds. The monoisotopic (exact) mass is 182 g/mol. The lowest BCUT2D eigenvalue weighted by Crippen LogP contribution is -2.08. The number of nitrogens with zero attached hydrogens (tertiary/aromatic N) is 1. The van der Waals surface area contributed by atoms with Gasteiger partial charge in [-0.15, -0.1) is 0 Å². The highest BCUT2D eigenvalue weighted by molar-refractivity contribution is 7.80. The topological polar surface area (TPSA) is 69.2 Å². The summed E-state index contributed by atoms with van der Waals surface area (Å²) in [7, 11) is 0. The Balaban J connectivity index is 3.01. The van der Waals surface area contributed by atoms with Crippen molar-refractivity contribution in [3.63, 3.8) is 0 Å². The van der Waals surface area contributed by atoms with Crippen molar-refractivity contribution in [2.45, 2.75) is 0 Å². The fourth-order valence-electron chi connectivity index (χ4n) is 0.747. The minimum absolute atomic E-state index is 0.0370. The summed E-state index contributed by atoms with van der Waals surface area (Å²) >= 11 is 4.68. The van der Waals surface area contributed by atoms with Gasteiger partial charge in [-0.25, -0.2) is 0 Å². The molecule has 4 nitrogen and oxygen atoms in total. The molecule has 0 aliphatic carbocycles. The molecule has 0 saturated carbocycles. The molecule has 62 valence electrons. The van der Waals surface area contributed by atoms with Crippen LogP contribution in [-0.2, 0) is 0 Å². The summed E-state index contributed by atoms with van der Waals surface area (Å²) in [5.41, 5.74) is 5.97. The maximum Gasteiger partial charge on any atom is 0.269 e. The van der Waals surface area contributed by atoms with Gasteiger partial charge in [0, 0.05) is 17.7 Å². The maximum absolute atomic E-state index is 10.2. The Bertz CT molecular complexity index is 288. The number of non-ortho nitro benzene ring substituents is 1. The summed E-state index contributed by atoms with van der Waals surface area (Å²) in [4.78, 5) is 10.00. The smallest absolute Gasteiger partial charge is 0.269 e. The van der Waals surface area contributed by atoms with E-state index in [2.05, 4.69) is 12.2 Å². The van der Waals surface area contributed by atoms with E-state index in [1.54, 1.807) is 0 Å². The number of thiocarbonyl (C=S) groups is 1. The van der Waals surface area contributed by atoms with Crippen LogP contribution in [0.3, 0.4) is 0 Å². The predicted molar refractivity (Wildman–Crippen MR) is 49.0 cm³/mol. The minimum atomic E-state index is -0.469. The van der Waals surface area contributed by atoms with Crippen LogP contribution < -0.4 is 5.73 Å². The van der Waals surface area contributed by atoms with Gasteiger partial charge in [0.05, 0.1) is 4.92 Å². The van der Waals surface area contributed by atoms with Crippen LogP contribution in [0.15, 0.2) is 24.3 Å². The first-order chi connectivity index (χ1) is 5.61. The average molecular weight is 182 g/mol. The molecule has 0 aliphatic heterocycles. The van der Waals surface area contributed by atoms with E-state index in [1.165, 1.54) is 24.3 Å². The Hall–Kier alpha value is -1.49. The van der Waals surface area contributed by atoms with Crippen LogP contribution >= 0.6 is 12.2 Å². The van der Waals surface area contributed by atoms with Crippen LogP contribution in [0.25, 0.3) is 0 Å². The van der Waals surface area contributed by atoms with E-state index in [1.807, 2.05) is 0 Å². The molecule has 12 heavy (non-hydrogen) atoms. The van der Waals surface area contributed by atoms with Crippen LogP contribution in [0.1, 0.15) is 5.56 Å². The second kappa shape index (κ2) is 3.27. The maximum atomic E-state index is 10.2. The van der Waals surface area contributed by atoms with Crippen LogP contribution in [0.2, 0.25) is 0 Å². The van der Waals surface area contributed by atoms with Crippen molar-refractivity contribution in [1.82, 2.24) is 0 Å². The van der Waals surface area contributed by atoms with Gasteiger partial charge in [0.15, 0.2) is 0 Å². The summed E-state index contributed by atoms with van der Waals surface area (Å²) in [6, 6.07) is 5.80. The van der Waals surface area contributed by atoms with Gasteiger partial charge >= 0.3 is 0 Å². The molecule has 0 saturated heterocycles. The van der Waals surface area contributed by atoms with Crippen LogP contribution in [-0.4, -0.2) is 9.91 Å². The Morgan fingerprint density at radius 3 is 2.25 bits per heavy atom. The number of nitro benzene ring substituents is 1. The zero-order valence-electron chi connectivity index (χ0n) is 6.06. The first-order valence-electron chi connectivity index (χ1n) is 3.15. The Kier molecular flexibility index (Phi) is 2.35.